The normalized spacial score (nSPS) is 14.2. The number of halogens is 1. The number of nitrogens with one attached hydrogen (secondary N) is 1. The van der Waals surface area contributed by atoms with Gasteiger partial charge in [-0.1, -0.05) is 6.42 Å². The molecule has 0 bridgehead atoms. The van der Waals surface area contributed by atoms with Gasteiger partial charge in [0.15, 0.2) is 0 Å². The molecular weight excluding hydrogens is 469 g/mol. The van der Waals surface area contributed by atoms with Crippen LogP contribution in [0.2, 0.25) is 0 Å². The fourth-order valence-electron chi connectivity index (χ4n) is 3.34. The molecule has 2 aromatic heterocycles. The van der Waals surface area contributed by atoms with E-state index < -0.39 is 10.6 Å². The molecule has 0 fully saturated rings. The van der Waals surface area contributed by atoms with Gasteiger partial charge < -0.3 is 10.1 Å². The summed E-state index contributed by atoms with van der Waals surface area (Å²) in [4.78, 5) is 32.4. The van der Waals surface area contributed by atoms with E-state index in [0.29, 0.717) is 19.4 Å². The van der Waals surface area contributed by atoms with Crippen LogP contribution >= 0.6 is 33.9 Å². The van der Waals surface area contributed by atoms with E-state index in [-0.39, 0.29) is 17.1 Å². The van der Waals surface area contributed by atoms with Crippen LogP contribution in [0, 0.1) is 13.7 Å². The molecule has 2 N–H and O–H groups in total. The number of benzene rings is 1. The van der Waals surface area contributed by atoms with E-state index >= 15 is 0 Å². The van der Waals surface area contributed by atoms with Crippen LogP contribution in [0.4, 0.5) is 5.69 Å². The molecule has 0 saturated heterocycles. The molecule has 0 radical (unpaired) electrons. The number of aromatic amines is 1. The van der Waals surface area contributed by atoms with Gasteiger partial charge in [0.2, 0.25) is 5.75 Å². The van der Waals surface area contributed by atoms with Gasteiger partial charge in [-0.3, -0.25) is 14.9 Å². The smallest absolute Gasteiger partial charge is 0.312 e. The fourth-order valence-corrected chi connectivity index (χ4v) is 5.21. The van der Waals surface area contributed by atoms with Gasteiger partial charge in [-0.05, 0) is 59.9 Å². The Hall–Kier alpha value is -2.01. The monoisotopic (exact) mass is 483 g/mol. The first-order valence-electron chi connectivity index (χ1n) is 8.17. The van der Waals surface area contributed by atoms with Crippen LogP contribution in [0.5, 0.6) is 5.75 Å². The number of H-pyrrole nitrogens is 1. The molecule has 2 heterocycles. The summed E-state index contributed by atoms with van der Waals surface area (Å²) < 4.78 is 0.330. The summed E-state index contributed by atoms with van der Waals surface area (Å²) in [7, 11) is 0. The summed E-state index contributed by atoms with van der Waals surface area (Å²) in [6, 6.07) is 2.81. The lowest BCUT2D eigenvalue weighted by Crippen LogP contribution is -2.10. The summed E-state index contributed by atoms with van der Waals surface area (Å²) >= 11 is 3.36. The molecule has 1 aliphatic rings. The lowest BCUT2D eigenvalue weighted by atomic mass is 10.1. The number of aromatic nitrogens is 2. The Morgan fingerprint density at radius 2 is 2.04 bits per heavy atom. The number of nitro groups is 1. The number of rotatable bonds is 2. The maximum Gasteiger partial charge on any atom is 0.312 e. The predicted molar refractivity (Wildman–Crippen MR) is 108 cm³/mol. The number of aryl methyl sites for hydroxylation is 2. The van der Waals surface area contributed by atoms with Gasteiger partial charge in [-0.2, -0.15) is 0 Å². The summed E-state index contributed by atoms with van der Waals surface area (Å²) in [6.45, 7) is 0. The van der Waals surface area contributed by atoms with Crippen LogP contribution in [-0.2, 0) is 12.8 Å². The lowest BCUT2D eigenvalue weighted by Gasteiger charge is -2.05. The maximum atomic E-state index is 12.7. The third-order valence-electron chi connectivity index (χ3n) is 4.59. The molecule has 26 heavy (non-hydrogen) atoms. The molecule has 134 valence electrons. The van der Waals surface area contributed by atoms with Crippen LogP contribution in [0.15, 0.2) is 16.9 Å². The second-order valence-electron chi connectivity index (χ2n) is 6.24. The number of nitro benzene ring substituents is 1. The summed E-state index contributed by atoms with van der Waals surface area (Å²) in [5.41, 5.74) is 0.891. The third kappa shape index (κ3) is 2.88. The van der Waals surface area contributed by atoms with Crippen molar-refractivity contribution in [1.82, 2.24) is 9.97 Å². The van der Waals surface area contributed by atoms with Crippen LogP contribution in [0.3, 0.4) is 0 Å². The Bertz CT molecular complexity index is 1110. The van der Waals surface area contributed by atoms with Crippen LogP contribution in [0.1, 0.15) is 29.7 Å². The van der Waals surface area contributed by atoms with Crippen molar-refractivity contribution in [2.24, 2.45) is 0 Å². The van der Waals surface area contributed by atoms with E-state index in [2.05, 4.69) is 9.97 Å². The molecule has 0 aliphatic heterocycles. The Balaban J connectivity index is 1.92. The molecule has 0 unspecified atom stereocenters. The molecule has 3 aromatic rings. The number of phenols is 1. The zero-order valence-corrected chi connectivity index (χ0v) is 16.5. The number of fused-ring (bicyclic) bond motifs is 3. The Labute approximate surface area is 165 Å². The number of hydrogen-bond donors (Lipinski definition) is 2. The van der Waals surface area contributed by atoms with E-state index in [9.17, 15) is 20.0 Å². The molecule has 1 aromatic carbocycles. The van der Waals surface area contributed by atoms with Crippen molar-refractivity contribution >= 4 is 49.8 Å². The highest BCUT2D eigenvalue weighted by Gasteiger charge is 2.22. The number of aromatic hydroxyl groups is 1. The zero-order valence-electron chi connectivity index (χ0n) is 13.5. The molecule has 7 nitrogen and oxygen atoms in total. The predicted octanol–water partition coefficient (Wildman–Crippen LogP) is 4.14. The summed E-state index contributed by atoms with van der Waals surface area (Å²) in [5.74, 6) is -0.106. The highest BCUT2D eigenvalue weighted by atomic mass is 127. The largest absolute Gasteiger partial charge is 0.501 e. The first kappa shape index (κ1) is 17.4. The molecule has 9 heteroatoms. The van der Waals surface area contributed by atoms with Crippen molar-refractivity contribution in [1.29, 1.82) is 0 Å². The van der Waals surface area contributed by atoms with Crippen molar-refractivity contribution in [3.63, 3.8) is 0 Å². The van der Waals surface area contributed by atoms with Gasteiger partial charge >= 0.3 is 5.69 Å². The van der Waals surface area contributed by atoms with Gasteiger partial charge in [-0.25, -0.2) is 4.98 Å². The molecule has 0 amide bonds. The third-order valence-corrected chi connectivity index (χ3v) is 6.60. The molecule has 0 saturated carbocycles. The highest BCUT2D eigenvalue weighted by molar-refractivity contribution is 14.1. The van der Waals surface area contributed by atoms with Gasteiger partial charge in [-0.15, -0.1) is 11.3 Å². The minimum absolute atomic E-state index is 0.213. The first-order valence-corrected chi connectivity index (χ1v) is 10.1. The Morgan fingerprint density at radius 1 is 1.27 bits per heavy atom. The average molecular weight is 483 g/mol. The first-order chi connectivity index (χ1) is 12.5. The second kappa shape index (κ2) is 6.62. The molecule has 1 aliphatic carbocycles. The quantitative estimate of drug-likeness (QED) is 0.247. The molecule has 4 rings (SSSR count). The SMILES string of the molecule is O=c1[nH]c(-c2cc(I)c(O)c([N+](=O)[O-])c2)nc2sc3c(c12)CCCCC3. The van der Waals surface area contributed by atoms with Gasteiger partial charge in [0, 0.05) is 16.5 Å². The molecule has 0 atom stereocenters. The summed E-state index contributed by atoms with van der Waals surface area (Å²) in [5, 5.41) is 21.7. The Kier molecular flexibility index (Phi) is 4.43. The van der Waals surface area contributed by atoms with Crippen molar-refractivity contribution in [2.45, 2.75) is 32.1 Å². The van der Waals surface area contributed by atoms with E-state index in [1.807, 2.05) is 22.6 Å². The van der Waals surface area contributed by atoms with Crippen molar-refractivity contribution in [2.75, 3.05) is 0 Å². The lowest BCUT2D eigenvalue weighted by molar-refractivity contribution is -0.385. The van der Waals surface area contributed by atoms with Gasteiger partial charge in [0.1, 0.15) is 10.7 Å². The van der Waals surface area contributed by atoms with Gasteiger partial charge in [0.05, 0.1) is 13.9 Å². The minimum Gasteiger partial charge on any atom is -0.501 e. The fraction of sp³-hybridized carbons (Fsp3) is 0.294. The van der Waals surface area contributed by atoms with E-state index in [4.69, 9.17) is 0 Å². The van der Waals surface area contributed by atoms with Crippen molar-refractivity contribution in [3.8, 4) is 17.1 Å². The molecular formula is C17H14IN3O4S. The van der Waals surface area contributed by atoms with Crippen LogP contribution in [-0.4, -0.2) is 20.0 Å². The molecule has 0 spiro atoms. The van der Waals surface area contributed by atoms with Gasteiger partial charge in [0.25, 0.3) is 5.56 Å². The Morgan fingerprint density at radius 3 is 2.81 bits per heavy atom. The maximum absolute atomic E-state index is 12.7. The summed E-state index contributed by atoms with van der Waals surface area (Å²) in [6.07, 6.45) is 5.22. The van der Waals surface area contributed by atoms with Crippen LogP contribution in [0.25, 0.3) is 21.6 Å². The van der Waals surface area contributed by atoms with Crippen molar-refractivity contribution in [3.05, 3.63) is 46.6 Å². The van der Waals surface area contributed by atoms with E-state index in [1.54, 1.807) is 6.07 Å². The second-order valence-corrected chi connectivity index (χ2v) is 8.49. The van der Waals surface area contributed by atoms with Crippen LogP contribution < -0.4 is 5.56 Å². The topological polar surface area (TPSA) is 109 Å². The minimum atomic E-state index is -0.648. The number of thiophene rings is 1. The van der Waals surface area contributed by atoms with Crippen molar-refractivity contribution < 1.29 is 10.0 Å². The van der Waals surface area contributed by atoms with E-state index in [0.717, 1.165) is 31.2 Å². The highest BCUT2D eigenvalue weighted by Crippen LogP contribution is 2.37. The standard InChI is InChI=1S/C17H14IN3O4S/c18-10-6-8(7-11(14(10)22)21(24)25)15-19-16(23)13-9-4-2-1-3-5-12(9)26-17(13)20-15/h6-7,22H,1-5H2,(H,19,20,23). The number of hydrogen-bond acceptors (Lipinski definition) is 6. The number of phenolic OH excluding ortho intramolecular Hbond substituents is 1. The van der Waals surface area contributed by atoms with E-state index in [1.165, 1.54) is 28.7 Å². The zero-order chi connectivity index (χ0) is 18.4. The number of nitrogens with zero attached hydrogens (tertiary/aromatic N) is 2. The average Bonchev–Trinajstić information content (AvgIpc) is 2.79.